The lowest BCUT2D eigenvalue weighted by Crippen LogP contribution is -2.53. The van der Waals surface area contributed by atoms with E-state index in [0.29, 0.717) is 22.2 Å². The number of anilines is 1. The molecule has 4 rings (SSSR count). The van der Waals surface area contributed by atoms with E-state index < -0.39 is 28.5 Å². The minimum Gasteiger partial charge on any atom is -0.354 e. The van der Waals surface area contributed by atoms with Gasteiger partial charge in [-0.15, -0.1) is 0 Å². The Kier molecular flexibility index (Phi) is 12.5. The number of nitrogens with zero attached hydrogens (tertiary/aromatic N) is 2. The Balaban J connectivity index is 1.82. The van der Waals surface area contributed by atoms with Crippen LogP contribution in [0.3, 0.4) is 0 Å². The van der Waals surface area contributed by atoms with Crippen LogP contribution < -0.4 is 9.62 Å². The number of hydrogen-bond acceptors (Lipinski definition) is 4. The lowest BCUT2D eigenvalue weighted by atomic mass is 10.0. The summed E-state index contributed by atoms with van der Waals surface area (Å²) < 4.78 is 29.3. The van der Waals surface area contributed by atoms with Crippen LogP contribution >= 0.6 is 34.8 Å². The van der Waals surface area contributed by atoms with Gasteiger partial charge in [0.25, 0.3) is 10.0 Å². The van der Waals surface area contributed by atoms with Gasteiger partial charge in [0.05, 0.1) is 15.6 Å². The minimum atomic E-state index is -4.27. The summed E-state index contributed by atoms with van der Waals surface area (Å²) in [5.41, 5.74) is 2.38. The minimum absolute atomic E-state index is 0.00346. The van der Waals surface area contributed by atoms with Crippen LogP contribution in [-0.4, -0.2) is 44.3 Å². The van der Waals surface area contributed by atoms with Gasteiger partial charge in [0.1, 0.15) is 12.6 Å². The molecule has 0 aliphatic carbocycles. The quantitative estimate of drug-likeness (QED) is 0.137. The van der Waals surface area contributed by atoms with Crippen LogP contribution in [-0.2, 0) is 32.6 Å². The molecule has 0 fully saturated rings. The van der Waals surface area contributed by atoms with E-state index in [9.17, 15) is 18.0 Å². The van der Waals surface area contributed by atoms with Gasteiger partial charge < -0.3 is 10.2 Å². The number of hydrogen-bond donors (Lipinski definition) is 1. The second-order valence-electron chi connectivity index (χ2n) is 10.9. The van der Waals surface area contributed by atoms with E-state index in [0.717, 1.165) is 28.3 Å². The molecule has 0 unspecified atom stereocenters. The molecule has 1 N–H and O–H groups in total. The molecular formula is C35H36Cl3N3O4S. The maximum Gasteiger partial charge on any atom is 0.264 e. The monoisotopic (exact) mass is 699 g/mol. The van der Waals surface area contributed by atoms with Gasteiger partial charge in [0, 0.05) is 29.6 Å². The van der Waals surface area contributed by atoms with E-state index in [1.165, 1.54) is 17.0 Å². The van der Waals surface area contributed by atoms with Crippen LogP contribution in [0.4, 0.5) is 5.69 Å². The van der Waals surface area contributed by atoms with Crippen molar-refractivity contribution in [3.05, 3.63) is 129 Å². The molecule has 0 heterocycles. The third-order valence-corrected chi connectivity index (χ3v) is 10.1. The number of carbonyl (C=O) groups is 2. The fourth-order valence-corrected chi connectivity index (χ4v) is 7.09. The molecule has 1 atom stereocenters. The summed E-state index contributed by atoms with van der Waals surface area (Å²) in [6.07, 6.45) is 1.82. The molecule has 4 aromatic rings. The van der Waals surface area contributed by atoms with Crippen molar-refractivity contribution in [2.75, 3.05) is 17.4 Å². The standard InChI is InChI=1S/C35H36Cl3N3O4S/c1-3-4-20-39-35(43)33(21-26-10-6-5-7-11-26)40(23-27-16-17-28(36)22-31(27)38)34(42)24-41(32-13-9-8-12-30(32)37)46(44,45)29-18-14-25(2)15-19-29/h5-19,22,33H,3-4,20-21,23-24H2,1-2H3,(H,39,43)/t33-/m1/s1. The van der Waals surface area contributed by atoms with Crippen molar-refractivity contribution in [3.63, 3.8) is 0 Å². The number of amides is 2. The Morgan fingerprint density at radius 3 is 2.17 bits per heavy atom. The number of benzene rings is 4. The lowest BCUT2D eigenvalue weighted by molar-refractivity contribution is -0.140. The Labute approximate surface area is 286 Å². The average Bonchev–Trinajstić information content (AvgIpc) is 3.03. The SMILES string of the molecule is CCCCNC(=O)[C@@H](Cc1ccccc1)N(Cc1ccc(Cl)cc1Cl)C(=O)CN(c1ccccc1Cl)S(=O)(=O)c1ccc(C)cc1. The number of nitrogens with one attached hydrogen (secondary N) is 1. The highest BCUT2D eigenvalue weighted by Gasteiger charge is 2.35. The fraction of sp³-hybridized carbons (Fsp3) is 0.257. The van der Waals surface area contributed by atoms with Crippen molar-refractivity contribution in [3.8, 4) is 0 Å². The molecule has 242 valence electrons. The predicted molar refractivity (Wildman–Crippen MR) is 186 cm³/mol. The first-order chi connectivity index (χ1) is 22.0. The van der Waals surface area contributed by atoms with Crippen LogP contribution in [0.15, 0.2) is 102 Å². The summed E-state index contributed by atoms with van der Waals surface area (Å²) in [7, 11) is -4.27. The second kappa shape index (κ2) is 16.3. The summed E-state index contributed by atoms with van der Waals surface area (Å²) in [4.78, 5) is 29.8. The van der Waals surface area contributed by atoms with E-state index >= 15 is 0 Å². The van der Waals surface area contributed by atoms with Crippen LogP contribution in [0.1, 0.15) is 36.5 Å². The predicted octanol–water partition coefficient (Wildman–Crippen LogP) is 7.71. The zero-order valence-corrected chi connectivity index (χ0v) is 28.7. The van der Waals surface area contributed by atoms with Gasteiger partial charge in [-0.2, -0.15) is 0 Å². The lowest BCUT2D eigenvalue weighted by Gasteiger charge is -2.34. The molecule has 11 heteroatoms. The summed E-state index contributed by atoms with van der Waals surface area (Å²) in [6.45, 7) is 3.60. The number of rotatable bonds is 14. The number of para-hydroxylation sites is 1. The van der Waals surface area contributed by atoms with Crippen LogP contribution in [0, 0.1) is 6.92 Å². The van der Waals surface area contributed by atoms with Crippen LogP contribution in [0.25, 0.3) is 0 Å². The molecule has 0 radical (unpaired) electrons. The zero-order valence-electron chi connectivity index (χ0n) is 25.6. The van der Waals surface area contributed by atoms with Gasteiger partial charge in [-0.1, -0.05) is 114 Å². The molecule has 0 spiro atoms. The summed E-state index contributed by atoms with van der Waals surface area (Å²) in [5, 5.41) is 3.84. The molecule has 4 aromatic carbocycles. The number of unbranched alkanes of at least 4 members (excludes halogenated alkanes) is 1. The number of carbonyl (C=O) groups excluding carboxylic acids is 2. The molecule has 0 saturated heterocycles. The third kappa shape index (κ3) is 9.04. The van der Waals surface area contributed by atoms with Crippen molar-refractivity contribution in [1.82, 2.24) is 10.2 Å². The maximum atomic E-state index is 14.5. The highest BCUT2D eigenvalue weighted by atomic mass is 35.5. The fourth-order valence-electron chi connectivity index (χ4n) is 4.90. The number of sulfonamides is 1. The molecule has 0 bridgehead atoms. The van der Waals surface area contributed by atoms with Crippen LogP contribution in [0.5, 0.6) is 0 Å². The smallest absolute Gasteiger partial charge is 0.264 e. The summed E-state index contributed by atoms with van der Waals surface area (Å²) >= 11 is 19.3. The van der Waals surface area contributed by atoms with Gasteiger partial charge in [0.2, 0.25) is 11.8 Å². The van der Waals surface area contributed by atoms with Crippen molar-refractivity contribution >= 4 is 62.3 Å². The van der Waals surface area contributed by atoms with E-state index in [4.69, 9.17) is 34.8 Å². The topological polar surface area (TPSA) is 86.8 Å². The average molecular weight is 701 g/mol. The van der Waals surface area contributed by atoms with Gasteiger partial charge >= 0.3 is 0 Å². The Morgan fingerprint density at radius 1 is 0.848 bits per heavy atom. The van der Waals surface area contributed by atoms with Crippen molar-refractivity contribution in [2.24, 2.45) is 0 Å². The normalized spacial score (nSPS) is 11.9. The molecule has 7 nitrogen and oxygen atoms in total. The first-order valence-electron chi connectivity index (χ1n) is 14.9. The molecule has 0 aliphatic rings. The highest BCUT2D eigenvalue weighted by molar-refractivity contribution is 7.92. The van der Waals surface area contributed by atoms with Gasteiger partial charge in [0.15, 0.2) is 0 Å². The Bertz CT molecular complexity index is 1750. The summed E-state index contributed by atoms with van der Waals surface area (Å²) in [6, 6.07) is 26.0. The van der Waals surface area contributed by atoms with Crippen molar-refractivity contribution in [1.29, 1.82) is 0 Å². The van der Waals surface area contributed by atoms with Crippen LogP contribution in [0.2, 0.25) is 15.1 Å². The third-order valence-electron chi connectivity index (χ3n) is 7.47. The number of aryl methyl sites for hydroxylation is 1. The molecule has 46 heavy (non-hydrogen) atoms. The summed E-state index contributed by atoms with van der Waals surface area (Å²) in [5.74, 6) is -0.977. The second-order valence-corrected chi connectivity index (χ2v) is 14.0. The largest absolute Gasteiger partial charge is 0.354 e. The molecule has 0 aliphatic heterocycles. The number of halogens is 3. The molecular weight excluding hydrogens is 665 g/mol. The Hall–Kier alpha value is -3.56. The van der Waals surface area contributed by atoms with E-state index in [-0.39, 0.29) is 34.5 Å². The van der Waals surface area contributed by atoms with Gasteiger partial charge in [-0.05, 0) is 60.9 Å². The molecule has 0 saturated carbocycles. The first-order valence-corrected chi connectivity index (χ1v) is 17.5. The van der Waals surface area contributed by atoms with E-state index in [1.54, 1.807) is 54.6 Å². The Morgan fingerprint density at radius 2 is 1.52 bits per heavy atom. The molecule has 0 aromatic heterocycles. The maximum absolute atomic E-state index is 14.5. The van der Waals surface area contributed by atoms with E-state index in [1.807, 2.05) is 44.2 Å². The van der Waals surface area contributed by atoms with Crippen molar-refractivity contribution < 1.29 is 18.0 Å². The highest BCUT2D eigenvalue weighted by Crippen LogP contribution is 2.31. The van der Waals surface area contributed by atoms with Gasteiger partial charge in [-0.25, -0.2) is 8.42 Å². The molecule has 2 amide bonds. The van der Waals surface area contributed by atoms with Gasteiger partial charge in [-0.3, -0.25) is 13.9 Å². The first kappa shape index (κ1) is 35.3. The van der Waals surface area contributed by atoms with Crippen molar-refractivity contribution in [2.45, 2.75) is 50.6 Å². The zero-order chi connectivity index (χ0) is 33.3. The van der Waals surface area contributed by atoms with E-state index in [2.05, 4.69) is 5.32 Å².